The van der Waals surface area contributed by atoms with Gasteiger partial charge in [-0.3, -0.25) is 4.98 Å². The van der Waals surface area contributed by atoms with Gasteiger partial charge >= 0.3 is 0 Å². The van der Waals surface area contributed by atoms with Crippen LogP contribution in [0.3, 0.4) is 0 Å². The Morgan fingerprint density at radius 2 is 2.14 bits per heavy atom. The number of benzene rings is 1. The topological polar surface area (TPSA) is 83.8 Å². The average molecular weight is 384 g/mol. The maximum atomic E-state index is 14.8. The number of aliphatic imine (C=N–C) groups is 1. The van der Waals surface area contributed by atoms with Gasteiger partial charge in [-0.15, -0.1) is 9.78 Å². The number of oxime groups is 1. The minimum atomic E-state index is -0.674. The van der Waals surface area contributed by atoms with Crippen molar-refractivity contribution in [3.05, 3.63) is 59.4 Å². The fourth-order valence-electron chi connectivity index (χ4n) is 2.88. The van der Waals surface area contributed by atoms with E-state index < -0.39 is 11.6 Å². The molecule has 0 aliphatic carbocycles. The van der Waals surface area contributed by atoms with Gasteiger partial charge in [-0.2, -0.15) is 0 Å². The first-order valence-electron chi connectivity index (χ1n) is 8.59. The highest BCUT2D eigenvalue weighted by Crippen LogP contribution is 2.24. The van der Waals surface area contributed by atoms with Crippen LogP contribution in [0, 0.1) is 11.6 Å². The summed E-state index contributed by atoms with van der Waals surface area (Å²) in [4.78, 5) is 13.2. The molecule has 0 saturated carbocycles. The van der Waals surface area contributed by atoms with E-state index in [0.717, 1.165) is 0 Å². The highest BCUT2D eigenvalue weighted by Gasteiger charge is 2.30. The average Bonchev–Trinajstić information content (AvgIpc) is 2.68. The third kappa shape index (κ3) is 3.20. The number of rotatable bonds is 6. The number of aliphatic hydroxyl groups is 1. The van der Waals surface area contributed by atoms with E-state index in [4.69, 9.17) is 9.94 Å². The highest BCUT2D eigenvalue weighted by molar-refractivity contribution is 5.96. The molecule has 3 heterocycles. The Hall–Kier alpha value is -3.33. The van der Waals surface area contributed by atoms with Crippen molar-refractivity contribution in [2.45, 2.75) is 13.3 Å². The van der Waals surface area contributed by atoms with Gasteiger partial charge in [0.15, 0.2) is 0 Å². The van der Waals surface area contributed by atoms with E-state index in [1.54, 1.807) is 31.2 Å². The largest absolute Gasteiger partial charge is 0.393 e. The molecule has 1 aromatic carbocycles. The van der Waals surface area contributed by atoms with Crippen molar-refractivity contribution in [2.24, 2.45) is 10.1 Å². The zero-order valence-corrected chi connectivity index (χ0v) is 14.9. The van der Waals surface area contributed by atoms with E-state index in [1.165, 1.54) is 16.9 Å². The molecule has 1 aliphatic rings. The van der Waals surface area contributed by atoms with Gasteiger partial charge in [-0.05, 0) is 25.1 Å². The quantitative estimate of drug-likeness (QED) is 0.305. The molecule has 7 nitrogen and oxygen atoms in total. The molecule has 1 N–H and O–H groups in total. The molecule has 28 heavy (non-hydrogen) atoms. The summed E-state index contributed by atoms with van der Waals surface area (Å²) < 4.78 is 30.7. The number of pyridine rings is 1. The fourth-order valence-corrected chi connectivity index (χ4v) is 2.88. The Kier molecular flexibility index (Phi) is 4.74. The second kappa shape index (κ2) is 7.35. The Labute approximate surface area is 158 Å². The lowest BCUT2D eigenvalue weighted by Gasteiger charge is -2.14. The summed E-state index contributed by atoms with van der Waals surface area (Å²) in [5, 5.41) is 17.2. The molecule has 0 radical (unpaired) electrons. The first-order valence-corrected chi connectivity index (χ1v) is 8.59. The lowest BCUT2D eigenvalue weighted by molar-refractivity contribution is -0.625. The summed E-state index contributed by atoms with van der Waals surface area (Å²) in [5.74, 6) is -0.328. The number of nitrogens with zero attached hydrogens (tertiary/aromatic N) is 5. The van der Waals surface area contributed by atoms with Crippen LogP contribution in [0.4, 0.5) is 14.6 Å². The van der Waals surface area contributed by atoms with Crippen molar-refractivity contribution in [2.75, 3.05) is 13.2 Å². The minimum Gasteiger partial charge on any atom is -0.393 e. The molecule has 0 saturated heterocycles. The zero-order valence-electron chi connectivity index (χ0n) is 14.9. The molecule has 4 rings (SSSR count). The number of aliphatic hydroxyl groups excluding tert-OH is 1. The third-order valence-corrected chi connectivity index (χ3v) is 4.28. The Bertz CT molecular complexity index is 1130. The fraction of sp³-hybridized carbons (Fsp3) is 0.211. The van der Waals surface area contributed by atoms with Crippen LogP contribution in [0.25, 0.3) is 10.9 Å². The zero-order chi connectivity index (χ0) is 19.7. The summed E-state index contributed by atoms with van der Waals surface area (Å²) >= 11 is 0. The normalized spacial score (nSPS) is 13.1. The number of hydrogen-bond acceptors (Lipinski definition) is 6. The SMILES string of the molecule is C/C(=N/OCCO)c1ccc2[n+](n1)C(Cc1c(F)cc3ncccc3c1F)=N2. The van der Waals surface area contributed by atoms with Gasteiger partial charge < -0.3 is 9.94 Å². The van der Waals surface area contributed by atoms with Crippen molar-refractivity contribution in [3.63, 3.8) is 0 Å². The van der Waals surface area contributed by atoms with E-state index >= 15 is 0 Å². The lowest BCUT2D eigenvalue weighted by atomic mass is 10.0. The summed E-state index contributed by atoms with van der Waals surface area (Å²) in [6, 6.07) is 7.83. The molecule has 3 aromatic rings. The van der Waals surface area contributed by atoms with Gasteiger partial charge in [0.05, 0.1) is 18.5 Å². The number of halogens is 2. The van der Waals surface area contributed by atoms with E-state index in [9.17, 15) is 8.78 Å². The molecule has 0 bridgehead atoms. The second-order valence-electron chi connectivity index (χ2n) is 6.15. The second-order valence-corrected chi connectivity index (χ2v) is 6.15. The van der Waals surface area contributed by atoms with Gasteiger partial charge in [0.1, 0.15) is 29.6 Å². The standard InChI is InChI=1S/C19H16F2N5O2/c1-11(25-28-8-7-27)15-4-5-17-23-18(26(17)24-15)9-13-14(20)10-16-12(19(13)21)3-2-6-22-16/h2-6,10,27H,7-9H2,1H3/q+1/b25-11-. The number of aromatic nitrogens is 3. The molecule has 0 unspecified atom stereocenters. The summed E-state index contributed by atoms with van der Waals surface area (Å²) in [6.45, 7) is 1.65. The van der Waals surface area contributed by atoms with Crippen LogP contribution >= 0.6 is 0 Å². The highest BCUT2D eigenvalue weighted by atomic mass is 19.1. The van der Waals surface area contributed by atoms with Crippen molar-refractivity contribution in [3.8, 4) is 0 Å². The van der Waals surface area contributed by atoms with Crippen LogP contribution < -0.4 is 4.68 Å². The molecule has 9 heteroatoms. The van der Waals surface area contributed by atoms with Crippen LogP contribution in [0.1, 0.15) is 18.2 Å². The third-order valence-electron chi connectivity index (χ3n) is 4.28. The Balaban J connectivity index is 1.61. The van der Waals surface area contributed by atoms with E-state index in [0.29, 0.717) is 23.1 Å². The van der Waals surface area contributed by atoms with E-state index in [-0.39, 0.29) is 36.1 Å². The Morgan fingerprint density at radius 1 is 1.29 bits per heavy atom. The van der Waals surface area contributed by atoms with Gasteiger partial charge in [-0.1, -0.05) is 10.1 Å². The van der Waals surface area contributed by atoms with Crippen LogP contribution in [0.15, 0.2) is 46.7 Å². The molecule has 0 atom stereocenters. The molecule has 0 fully saturated rings. The van der Waals surface area contributed by atoms with Crippen LogP contribution in [0.2, 0.25) is 0 Å². The maximum Gasteiger partial charge on any atom is 0.290 e. The van der Waals surface area contributed by atoms with Crippen LogP contribution in [-0.2, 0) is 11.3 Å². The van der Waals surface area contributed by atoms with Gasteiger partial charge in [-0.25, -0.2) is 8.78 Å². The predicted octanol–water partition coefficient (Wildman–Crippen LogP) is 2.06. The summed E-state index contributed by atoms with van der Waals surface area (Å²) in [5.41, 5.74) is 1.21. The first-order chi connectivity index (χ1) is 13.6. The molecule has 1 aliphatic heterocycles. The molecular formula is C19H16F2N5O2+. The lowest BCUT2D eigenvalue weighted by Crippen LogP contribution is -2.54. The Morgan fingerprint density at radius 3 is 2.96 bits per heavy atom. The molecule has 0 spiro atoms. The van der Waals surface area contributed by atoms with Gasteiger partial charge in [0.25, 0.3) is 11.7 Å². The van der Waals surface area contributed by atoms with Crippen molar-refractivity contribution >= 4 is 28.3 Å². The van der Waals surface area contributed by atoms with Gasteiger partial charge in [0.2, 0.25) is 0 Å². The van der Waals surface area contributed by atoms with Crippen LogP contribution in [0.5, 0.6) is 0 Å². The maximum absolute atomic E-state index is 14.8. The molecule has 2 aromatic heterocycles. The monoisotopic (exact) mass is 384 g/mol. The smallest absolute Gasteiger partial charge is 0.290 e. The summed E-state index contributed by atoms with van der Waals surface area (Å²) in [6.07, 6.45) is 1.44. The van der Waals surface area contributed by atoms with Gasteiger partial charge in [0, 0.05) is 29.3 Å². The first kappa shape index (κ1) is 18.1. The van der Waals surface area contributed by atoms with Crippen LogP contribution in [-0.4, -0.2) is 40.0 Å². The number of hydrogen-bond donors (Lipinski definition) is 1. The van der Waals surface area contributed by atoms with Crippen molar-refractivity contribution in [1.29, 1.82) is 0 Å². The molecule has 0 amide bonds. The predicted molar refractivity (Wildman–Crippen MR) is 97.5 cm³/mol. The van der Waals surface area contributed by atoms with E-state index in [1.807, 2.05) is 0 Å². The summed E-state index contributed by atoms with van der Waals surface area (Å²) in [7, 11) is 0. The molecular weight excluding hydrogens is 368 g/mol. The van der Waals surface area contributed by atoms with E-state index in [2.05, 4.69) is 20.2 Å². The van der Waals surface area contributed by atoms with Crippen molar-refractivity contribution in [1.82, 2.24) is 10.1 Å². The molecule has 142 valence electrons. The number of fused-ring (bicyclic) bond motifs is 2. The van der Waals surface area contributed by atoms with Crippen molar-refractivity contribution < 1.29 is 23.4 Å². The minimum absolute atomic E-state index is 0.0478.